The predicted molar refractivity (Wildman–Crippen MR) is 86.9 cm³/mol. The molecule has 3 saturated heterocycles. The van der Waals surface area contributed by atoms with Gasteiger partial charge in [-0.2, -0.15) is 0 Å². The summed E-state index contributed by atoms with van der Waals surface area (Å²) >= 11 is 0. The van der Waals surface area contributed by atoms with Crippen LogP contribution in [0.2, 0.25) is 0 Å². The van der Waals surface area contributed by atoms with Crippen LogP contribution in [0.4, 0.5) is 4.39 Å². The van der Waals surface area contributed by atoms with Gasteiger partial charge in [-0.15, -0.1) is 0 Å². The van der Waals surface area contributed by atoms with Gasteiger partial charge in [-0.25, -0.2) is 4.39 Å². The molecule has 2 unspecified atom stereocenters. The number of hydrogen-bond acceptors (Lipinski definition) is 4. The molecule has 2 aromatic rings. The number of amides is 1. The number of furan rings is 1. The first-order chi connectivity index (χ1) is 11.6. The largest absolute Gasteiger partial charge is 0.451 e. The second-order valence-corrected chi connectivity index (χ2v) is 6.63. The highest BCUT2D eigenvalue weighted by molar-refractivity contribution is 5.92. The molecule has 3 fully saturated rings. The van der Waals surface area contributed by atoms with E-state index in [9.17, 15) is 9.18 Å². The van der Waals surface area contributed by atoms with Crippen LogP contribution in [-0.2, 0) is 0 Å². The number of fused-ring (bicyclic) bond motifs is 3. The molecule has 2 aromatic heterocycles. The molecule has 5 heterocycles. The van der Waals surface area contributed by atoms with E-state index in [0.717, 1.165) is 25.9 Å². The lowest BCUT2D eigenvalue weighted by atomic mass is 9.79. The van der Waals surface area contributed by atoms with Gasteiger partial charge < -0.3 is 9.73 Å². The SMILES string of the molecule is CC1C(NC(=O)c2ccc(-c3cnccc3F)o2)C2CCN1CC2. The number of halogens is 1. The van der Waals surface area contributed by atoms with Crippen molar-refractivity contribution in [3.05, 3.63) is 42.2 Å². The fraction of sp³-hybridized carbons (Fsp3) is 0.444. The molecule has 6 heteroatoms. The minimum absolute atomic E-state index is 0.142. The van der Waals surface area contributed by atoms with Crippen LogP contribution in [0, 0.1) is 11.7 Å². The highest BCUT2D eigenvalue weighted by Gasteiger charge is 2.40. The fourth-order valence-corrected chi connectivity index (χ4v) is 3.93. The summed E-state index contributed by atoms with van der Waals surface area (Å²) in [6, 6.07) is 4.94. The third-order valence-electron chi connectivity index (χ3n) is 5.34. The van der Waals surface area contributed by atoms with Crippen LogP contribution in [0.5, 0.6) is 0 Å². The maximum absolute atomic E-state index is 13.8. The smallest absolute Gasteiger partial charge is 0.287 e. The number of nitrogens with one attached hydrogen (secondary N) is 1. The lowest BCUT2D eigenvalue weighted by Gasteiger charge is -2.49. The van der Waals surface area contributed by atoms with Gasteiger partial charge in [-0.05, 0) is 57.0 Å². The van der Waals surface area contributed by atoms with E-state index in [1.807, 2.05) is 0 Å². The lowest BCUT2D eigenvalue weighted by Crippen LogP contribution is -2.62. The Hall–Kier alpha value is -2.21. The summed E-state index contributed by atoms with van der Waals surface area (Å²) in [5.41, 5.74) is 0.257. The van der Waals surface area contributed by atoms with E-state index < -0.39 is 5.82 Å². The topological polar surface area (TPSA) is 58.4 Å². The van der Waals surface area contributed by atoms with Gasteiger partial charge in [-0.3, -0.25) is 14.7 Å². The first kappa shape index (κ1) is 15.3. The summed E-state index contributed by atoms with van der Waals surface area (Å²) in [6.45, 7) is 4.39. The summed E-state index contributed by atoms with van der Waals surface area (Å²) < 4.78 is 19.4. The van der Waals surface area contributed by atoms with Crippen LogP contribution in [-0.4, -0.2) is 41.0 Å². The Morgan fingerprint density at radius 2 is 2.12 bits per heavy atom. The molecule has 24 heavy (non-hydrogen) atoms. The molecule has 0 radical (unpaired) electrons. The number of hydrogen-bond donors (Lipinski definition) is 1. The molecule has 2 bridgehead atoms. The Kier molecular flexibility index (Phi) is 3.84. The van der Waals surface area contributed by atoms with Gasteiger partial charge in [0.15, 0.2) is 5.76 Å². The Labute approximate surface area is 139 Å². The molecular formula is C18H20FN3O2. The van der Waals surface area contributed by atoms with Crippen molar-refractivity contribution in [2.24, 2.45) is 5.92 Å². The second-order valence-electron chi connectivity index (χ2n) is 6.63. The molecule has 0 saturated carbocycles. The van der Waals surface area contributed by atoms with E-state index in [-0.39, 0.29) is 23.3 Å². The van der Waals surface area contributed by atoms with Crippen LogP contribution >= 0.6 is 0 Å². The molecule has 0 aliphatic carbocycles. The standard InChI is InChI=1S/C18H20FN3O2/c1-11-17(12-5-8-22(11)9-6-12)21-18(23)16-3-2-15(24-16)13-10-20-7-4-14(13)19/h2-4,7,10-12,17H,5-6,8-9H2,1H3,(H,21,23). The third kappa shape index (κ3) is 2.60. The number of carbonyl (C=O) groups excluding carboxylic acids is 1. The zero-order valence-corrected chi connectivity index (χ0v) is 13.5. The quantitative estimate of drug-likeness (QED) is 0.941. The number of pyridine rings is 1. The average Bonchev–Trinajstić information content (AvgIpc) is 3.09. The molecule has 1 N–H and O–H groups in total. The van der Waals surface area contributed by atoms with Gasteiger partial charge in [0.2, 0.25) is 0 Å². The second kappa shape index (κ2) is 6.02. The van der Waals surface area contributed by atoms with Crippen LogP contribution in [0.1, 0.15) is 30.3 Å². The van der Waals surface area contributed by atoms with Crippen LogP contribution in [0.3, 0.4) is 0 Å². The van der Waals surface area contributed by atoms with Crippen molar-refractivity contribution < 1.29 is 13.6 Å². The monoisotopic (exact) mass is 329 g/mol. The van der Waals surface area contributed by atoms with Crippen LogP contribution in [0.15, 0.2) is 35.0 Å². The minimum atomic E-state index is -0.419. The molecular weight excluding hydrogens is 309 g/mol. The molecule has 3 aliphatic heterocycles. The van der Waals surface area contributed by atoms with Gasteiger partial charge in [0.25, 0.3) is 5.91 Å². The van der Waals surface area contributed by atoms with E-state index in [2.05, 4.69) is 22.1 Å². The predicted octanol–water partition coefficient (Wildman–Crippen LogP) is 2.69. The highest BCUT2D eigenvalue weighted by atomic mass is 19.1. The zero-order chi connectivity index (χ0) is 16.7. The van der Waals surface area contributed by atoms with Gasteiger partial charge in [0.05, 0.1) is 5.56 Å². The first-order valence-electron chi connectivity index (χ1n) is 8.38. The molecule has 1 amide bonds. The van der Waals surface area contributed by atoms with Gasteiger partial charge in [0, 0.05) is 24.5 Å². The van der Waals surface area contributed by atoms with Crippen molar-refractivity contribution in [2.45, 2.75) is 31.8 Å². The van der Waals surface area contributed by atoms with Crippen molar-refractivity contribution >= 4 is 5.91 Å². The summed E-state index contributed by atoms with van der Waals surface area (Å²) in [5, 5.41) is 3.11. The average molecular weight is 329 g/mol. The van der Waals surface area contributed by atoms with Gasteiger partial charge in [-0.1, -0.05) is 0 Å². The van der Waals surface area contributed by atoms with Crippen molar-refractivity contribution in [2.75, 3.05) is 13.1 Å². The summed E-state index contributed by atoms with van der Waals surface area (Å²) in [7, 11) is 0. The van der Waals surface area contributed by atoms with Crippen LogP contribution in [0.25, 0.3) is 11.3 Å². The molecule has 0 spiro atoms. The first-order valence-corrected chi connectivity index (χ1v) is 8.38. The maximum Gasteiger partial charge on any atom is 0.287 e. The highest BCUT2D eigenvalue weighted by Crippen LogP contribution is 2.32. The third-order valence-corrected chi connectivity index (χ3v) is 5.34. The molecule has 5 nitrogen and oxygen atoms in total. The van der Waals surface area contributed by atoms with Crippen molar-refractivity contribution in [1.29, 1.82) is 0 Å². The molecule has 2 atom stereocenters. The van der Waals surface area contributed by atoms with E-state index in [0.29, 0.717) is 17.7 Å². The number of nitrogens with zero attached hydrogens (tertiary/aromatic N) is 2. The number of carbonyl (C=O) groups is 1. The lowest BCUT2D eigenvalue weighted by molar-refractivity contribution is 0.0211. The van der Waals surface area contributed by atoms with Gasteiger partial charge in [0.1, 0.15) is 11.6 Å². The van der Waals surface area contributed by atoms with Gasteiger partial charge >= 0.3 is 0 Å². The normalized spacial score (nSPS) is 28.8. The Morgan fingerprint density at radius 1 is 1.33 bits per heavy atom. The maximum atomic E-state index is 13.8. The summed E-state index contributed by atoms with van der Waals surface area (Å²) in [6.07, 6.45) is 5.02. The van der Waals surface area contributed by atoms with E-state index in [1.54, 1.807) is 12.1 Å². The van der Waals surface area contributed by atoms with E-state index >= 15 is 0 Å². The summed E-state index contributed by atoms with van der Waals surface area (Å²) in [4.78, 5) is 18.9. The molecule has 126 valence electrons. The zero-order valence-electron chi connectivity index (χ0n) is 13.5. The molecule has 5 rings (SSSR count). The number of rotatable bonds is 3. The molecule has 0 aromatic carbocycles. The van der Waals surface area contributed by atoms with E-state index in [1.165, 1.54) is 18.5 Å². The fourth-order valence-electron chi connectivity index (χ4n) is 3.93. The van der Waals surface area contributed by atoms with Crippen molar-refractivity contribution in [3.63, 3.8) is 0 Å². The van der Waals surface area contributed by atoms with Crippen LogP contribution < -0.4 is 5.32 Å². The number of aromatic nitrogens is 1. The van der Waals surface area contributed by atoms with Crippen molar-refractivity contribution in [3.8, 4) is 11.3 Å². The Morgan fingerprint density at radius 3 is 2.83 bits per heavy atom. The Balaban J connectivity index is 1.51. The van der Waals surface area contributed by atoms with E-state index in [4.69, 9.17) is 4.42 Å². The minimum Gasteiger partial charge on any atom is -0.451 e. The Bertz CT molecular complexity index is 750. The van der Waals surface area contributed by atoms with Crippen molar-refractivity contribution in [1.82, 2.24) is 15.2 Å². The summed E-state index contributed by atoms with van der Waals surface area (Å²) in [5.74, 6) is 0.386. The number of piperidine rings is 3. The molecule has 3 aliphatic rings.